The van der Waals surface area contributed by atoms with Crippen LogP contribution in [0.25, 0.3) is 11.5 Å². The molecule has 120 valence electrons. The van der Waals surface area contributed by atoms with Gasteiger partial charge in [-0.05, 0) is 36.7 Å². The maximum absolute atomic E-state index is 5.92. The van der Waals surface area contributed by atoms with Gasteiger partial charge < -0.3 is 9.26 Å². The van der Waals surface area contributed by atoms with Crippen LogP contribution < -0.4 is 4.74 Å². The van der Waals surface area contributed by atoms with E-state index in [9.17, 15) is 0 Å². The van der Waals surface area contributed by atoms with Gasteiger partial charge in [0.1, 0.15) is 12.4 Å². The van der Waals surface area contributed by atoms with Crippen LogP contribution in [-0.4, -0.2) is 35.2 Å². The predicted octanol–water partition coefficient (Wildman–Crippen LogP) is 3.96. The van der Waals surface area contributed by atoms with Crippen molar-refractivity contribution >= 4 is 22.9 Å². The molecule has 0 spiro atoms. The highest BCUT2D eigenvalue weighted by molar-refractivity contribution is 7.08. The molecule has 0 bridgehead atoms. The predicted molar refractivity (Wildman–Crippen MR) is 90.9 cm³/mol. The molecule has 0 radical (unpaired) electrons. The van der Waals surface area contributed by atoms with Gasteiger partial charge in [0.05, 0.1) is 12.1 Å². The zero-order chi connectivity index (χ0) is 16.1. The molecule has 0 fully saturated rings. The monoisotopic (exact) mass is 349 g/mol. The molecule has 23 heavy (non-hydrogen) atoms. The van der Waals surface area contributed by atoms with Gasteiger partial charge in [-0.1, -0.05) is 22.8 Å². The normalized spacial score (nSPS) is 11.1. The Morgan fingerprint density at radius 3 is 3.04 bits per heavy atom. The minimum absolute atomic E-state index is 0.560. The summed E-state index contributed by atoms with van der Waals surface area (Å²) < 4.78 is 10.9. The molecule has 0 aliphatic carbocycles. The van der Waals surface area contributed by atoms with Crippen molar-refractivity contribution in [3.05, 3.63) is 51.9 Å². The largest absolute Gasteiger partial charge is 0.492 e. The van der Waals surface area contributed by atoms with E-state index >= 15 is 0 Å². The summed E-state index contributed by atoms with van der Waals surface area (Å²) in [5.41, 5.74) is 0.959. The lowest BCUT2D eigenvalue weighted by Crippen LogP contribution is -2.24. The highest BCUT2D eigenvalue weighted by Gasteiger charge is 2.11. The number of hydrogen-bond acceptors (Lipinski definition) is 6. The van der Waals surface area contributed by atoms with Crippen LogP contribution in [0.15, 0.2) is 45.6 Å². The molecule has 0 amide bonds. The fraction of sp³-hybridized carbons (Fsp3) is 0.250. The number of benzene rings is 1. The zero-order valence-corrected chi connectivity index (χ0v) is 14.2. The third-order valence-corrected chi connectivity index (χ3v) is 4.10. The van der Waals surface area contributed by atoms with Gasteiger partial charge in [0, 0.05) is 16.9 Å². The van der Waals surface area contributed by atoms with Crippen molar-refractivity contribution in [3.8, 4) is 17.2 Å². The summed E-state index contributed by atoms with van der Waals surface area (Å²) >= 11 is 7.53. The van der Waals surface area contributed by atoms with E-state index in [0.717, 1.165) is 17.9 Å². The van der Waals surface area contributed by atoms with Crippen molar-refractivity contribution in [1.82, 2.24) is 15.0 Å². The molecule has 0 N–H and O–H groups in total. The smallest absolute Gasteiger partial charge is 0.258 e. The van der Waals surface area contributed by atoms with Crippen molar-refractivity contribution in [2.45, 2.75) is 6.54 Å². The van der Waals surface area contributed by atoms with Gasteiger partial charge in [0.15, 0.2) is 5.82 Å². The average Bonchev–Trinajstić information content (AvgIpc) is 3.18. The van der Waals surface area contributed by atoms with E-state index in [4.69, 9.17) is 20.9 Å². The van der Waals surface area contributed by atoms with Gasteiger partial charge in [0.25, 0.3) is 5.89 Å². The van der Waals surface area contributed by atoms with Crippen LogP contribution in [0, 0.1) is 0 Å². The quantitative estimate of drug-likeness (QED) is 0.646. The molecular weight excluding hydrogens is 334 g/mol. The average molecular weight is 350 g/mol. The summed E-state index contributed by atoms with van der Waals surface area (Å²) in [5, 5.41) is 8.65. The van der Waals surface area contributed by atoms with Crippen molar-refractivity contribution in [1.29, 1.82) is 0 Å². The van der Waals surface area contributed by atoms with Gasteiger partial charge >= 0.3 is 0 Å². The maximum atomic E-state index is 5.92. The second-order valence-corrected chi connectivity index (χ2v) is 6.29. The topological polar surface area (TPSA) is 51.4 Å². The molecule has 5 nitrogen and oxygen atoms in total. The molecule has 0 unspecified atom stereocenters. The molecule has 7 heteroatoms. The summed E-state index contributed by atoms with van der Waals surface area (Å²) in [5.74, 6) is 1.99. The highest BCUT2D eigenvalue weighted by Crippen LogP contribution is 2.20. The standard InChI is InChI=1S/C16H16ClN3O2S/c1-20(6-7-21-14-4-2-3-13(17)9-14)10-15-18-16(22-19-15)12-5-8-23-11-12/h2-5,8-9,11H,6-7,10H2,1H3. The van der Waals surface area contributed by atoms with Gasteiger partial charge in [-0.25, -0.2) is 0 Å². The number of rotatable bonds is 7. The van der Waals surface area contributed by atoms with E-state index in [1.54, 1.807) is 17.4 Å². The Morgan fingerprint density at radius 1 is 1.35 bits per heavy atom. The SMILES string of the molecule is CN(CCOc1cccc(Cl)c1)Cc1noc(-c2ccsc2)n1. The molecule has 0 saturated carbocycles. The van der Waals surface area contributed by atoms with Gasteiger partial charge in [-0.15, -0.1) is 0 Å². The Balaban J connectivity index is 1.47. The number of nitrogens with zero attached hydrogens (tertiary/aromatic N) is 3. The van der Waals surface area contributed by atoms with Crippen LogP contribution in [-0.2, 0) is 6.54 Å². The lowest BCUT2D eigenvalue weighted by Gasteiger charge is -2.14. The third-order valence-electron chi connectivity index (χ3n) is 3.19. The van der Waals surface area contributed by atoms with Crippen LogP contribution in [0.4, 0.5) is 0 Å². The molecule has 0 saturated heterocycles. The summed E-state index contributed by atoms with van der Waals surface area (Å²) in [7, 11) is 1.99. The number of aromatic nitrogens is 2. The highest BCUT2D eigenvalue weighted by atomic mass is 35.5. The van der Waals surface area contributed by atoms with E-state index in [0.29, 0.717) is 29.9 Å². The Kier molecular flexibility index (Phi) is 5.27. The maximum Gasteiger partial charge on any atom is 0.258 e. The second-order valence-electron chi connectivity index (χ2n) is 5.07. The van der Waals surface area contributed by atoms with E-state index in [1.807, 2.05) is 42.1 Å². The molecule has 1 aromatic carbocycles. The first-order chi connectivity index (χ1) is 11.2. The van der Waals surface area contributed by atoms with Crippen molar-refractivity contribution in [2.24, 2.45) is 0 Å². The third kappa shape index (κ3) is 4.54. The lowest BCUT2D eigenvalue weighted by molar-refractivity contribution is 0.228. The zero-order valence-electron chi connectivity index (χ0n) is 12.6. The second kappa shape index (κ2) is 7.59. The number of thiophene rings is 1. The van der Waals surface area contributed by atoms with E-state index in [2.05, 4.69) is 15.0 Å². The van der Waals surface area contributed by atoms with Crippen molar-refractivity contribution in [2.75, 3.05) is 20.2 Å². The van der Waals surface area contributed by atoms with Gasteiger partial charge in [-0.3, -0.25) is 4.90 Å². The Bertz CT molecular complexity index is 745. The number of hydrogen-bond donors (Lipinski definition) is 0. The Morgan fingerprint density at radius 2 is 2.26 bits per heavy atom. The van der Waals surface area contributed by atoms with E-state index < -0.39 is 0 Å². The molecular formula is C16H16ClN3O2S. The minimum atomic E-state index is 0.560. The van der Waals surface area contributed by atoms with Crippen LogP contribution in [0.2, 0.25) is 5.02 Å². The fourth-order valence-electron chi connectivity index (χ4n) is 2.02. The van der Waals surface area contributed by atoms with E-state index in [-0.39, 0.29) is 0 Å². The van der Waals surface area contributed by atoms with E-state index in [1.165, 1.54) is 0 Å². The summed E-state index contributed by atoms with van der Waals surface area (Å²) in [6, 6.07) is 9.34. The lowest BCUT2D eigenvalue weighted by atomic mass is 10.3. The number of ether oxygens (including phenoxy) is 1. The minimum Gasteiger partial charge on any atom is -0.492 e. The van der Waals surface area contributed by atoms with Crippen molar-refractivity contribution < 1.29 is 9.26 Å². The van der Waals surface area contributed by atoms with Gasteiger partial charge in [-0.2, -0.15) is 16.3 Å². The van der Waals surface area contributed by atoms with Gasteiger partial charge in [0.2, 0.25) is 0 Å². The first-order valence-electron chi connectivity index (χ1n) is 7.13. The molecule has 3 rings (SSSR count). The summed E-state index contributed by atoms with van der Waals surface area (Å²) in [6.45, 7) is 1.91. The van der Waals surface area contributed by atoms with Crippen LogP contribution >= 0.6 is 22.9 Å². The van der Waals surface area contributed by atoms with Crippen LogP contribution in [0.1, 0.15) is 5.82 Å². The van der Waals surface area contributed by atoms with Crippen molar-refractivity contribution in [3.63, 3.8) is 0 Å². The molecule has 3 aromatic rings. The molecule has 0 atom stereocenters. The Labute approximate surface area is 143 Å². The summed E-state index contributed by atoms with van der Waals surface area (Å²) in [6.07, 6.45) is 0. The van der Waals surface area contributed by atoms with Crippen LogP contribution in [0.5, 0.6) is 5.75 Å². The molecule has 0 aliphatic heterocycles. The first kappa shape index (κ1) is 16.0. The summed E-state index contributed by atoms with van der Waals surface area (Å²) in [4.78, 5) is 6.48. The molecule has 0 aliphatic rings. The molecule has 2 heterocycles. The fourth-order valence-corrected chi connectivity index (χ4v) is 2.83. The molecule has 2 aromatic heterocycles. The Hall–Kier alpha value is -1.89. The number of halogens is 1. The number of likely N-dealkylation sites (N-methyl/N-ethyl adjacent to an activating group) is 1. The first-order valence-corrected chi connectivity index (χ1v) is 8.45. The van der Waals surface area contributed by atoms with Crippen LogP contribution in [0.3, 0.4) is 0 Å².